The summed E-state index contributed by atoms with van der Waals surface area (Å²) >= 11 is 0. The Kier molecular flexibility index (Phi) is 9.48. The quantitative estimate of drug-likeness (QED) is 0.380. The molecule has 0 saturated carbocycles. The summed E-state index contributed by atoms with van der Waals surface area (Å²) in [7, 11) is 0. The first-order valence-corrected chi connectivity index (χ1v) is 14.3. The molecule has 4 rings (SSSR count). The number of carbonyl (C=O) groups excluding carboxylic acids is 2. The molecule has 3 aromatic carbocycles. The predicted molar refractivity (Wildman–Crippen MR) is 163 cm³/mol. The molecule has 7 heteroatoms. The topological polar surface area (TPSA) is 90.0 Å². The molecule has 0 aromatic heterocycles. The van der Waals surface area contributed by atoms with Gasteiger partial charge in [0.05, 0.1) is 12.3 Å². The van der Waals surface area contributed by atoms with E-state index in [9.17, 15) is 14.4 Å². The molecule has 2 amide bonds. The molecule has 1 unspecified atom stereocenters. The summed E-state index contributed by atoms with van der Waals surface area (Å²) in [6.45, 7) is 11.6. The number of rotatable bonds is 9. The maximum atomic E-state index is 14.0. The highest BCUT2D eigenvalue weighted by Gasteiger charge is 2.29. The Labute approximate surface area is 243 Å². The molecule has 0 radical (unpaired) electrons. The van der Waals surface area contributed by atoms with Crippen molar-refractivity contribution in [3.63, 3.8) is 0 Å². The molecule has 1 fully saturated rings. The summed E-state index contributed by atoms with van der Waals surface area (Å²) in [6.07, 6.45) is 0.397. The largest absolute Gasteiger partial charge is 0.481 e. The van der Waals surface area contributed by atoms with Gasteiger partial charge in [-0.15, -0.1) is 0 Å². The maximum absolute atomic E-state index is 14.0. The summed E-state index contributed by atoms with van der Waals surface area (Å²) in [4.78, 5) is 41.4. The normalized spacial score (nSPS) is 14.4. The van der Waals surface area contributed by atoms with E-state index in [4.69, 9.17) is 5.11 Å². The number of carboxylic acids is 1. The standard InChI is InChI=1S/C34H41N3O4/c1-24-5-15-29(16-6-24)36-19-21-37(22-20-36)33(41)30(26-11-13-28(14-12-26)34(2,3)4)23-25-7-9-27(10-8-25)32(40)35-18-17-31(38)39/h5-16,30H,17-23H2,1-4H3,(H,35,40)(H,38,39). The molecule has 3 aromatic rings. The van der Waals surface area contributed by atoms with E-state index in [2.05, 4.69) is 86.4 Å². The van der Waals surface area contributed by atoms with Crippen LogP contribution in [-0.4, -0.2) is 60.5 Å². The molecule has 41 heavy (non-hydrogen) atoms. The molecular formula is C34H41N3O4. The maximum Gasteiger partial charge on any atom is 0.305 e. The van der Waals surface area contributed by atoms with Crippen molar-refractivity contribution in [2.24, 2.45) is 0 Å². The van der Waals surface area contributed by atoms with Crippen LogP contribution in [0.15, 0.2) is 72.8 Å². The lowest BCUT2D eigenvalue weighted by atomic mass is 9.84. The van der Waals surface area contributed by atoms with Gasteiger partial charge >= 0.3 is 5.97 Å². The van der Waals surface area contributed by atoms with Crippen molar-refractivity contribution in [1.29, 1.82) is 0 Å². The summed E-state index contributed by atoms with van der Waals surface area (Å²) in [6, 6.07) is 24.1. The number of piperazine rings is 1. The first-order valence-electron chi connectivity index (χ1n) is 14.3. The Balaban J connectivity index is 1.49. The Hall–Kier alpha value is -4.13. The first kappa shape index (κ1) is 29.8. The van der Waals surface area contributed by atoms with Gasteiger partial charge < -0.3 is 20.2 Å². The van der Waals surface area contributed by atoms with Crippen molar-refractivity contribution in [3.05, 3.63) is 101 Å². The van der Waals surface area contributed by atoms with E-state index in [1.807, 2.05) is 17.0 Å². The molecule has 0 bridgehead atoms. The fourth-order valence-corrected chi connectivity index (χ4v) is 5.14. The Bertz CT molecular complexity index is 1330. The van der Waals surface area contributed by atoms with Crippen LogP contribution in [0.3, 0.4) is 0 Å². The van der Waals surface area contributed by atoms with Gasteiger partial charge in [0.2, 0.25) is 5.91 Å². The second kappa shape index (κ2) is 13.0. The third-order valence-electron chi connectivity index (χ3n) is 7.75. The second-order valence-electron chi connectivity index (χ2n) is 11.9. The monoisotopic (exact) mass is 555 g/mol. The zero-order valence-electron chi connectivity index (χ0n) is 24.5. The van der Waals surface area contributed by atoms with Gasteiger partial charge in [-0.3, -0.25) is 14.4 Å². The average molecular weight is 556 g/mol. The van der Waals surface area contributed by atoms with Crippen LogP contribution >= 0.6 is 0 Å². The number of nitrogens with zero attached hydrogens (tertiary/aromatic N) is 2. The minimum Gasteiger partial charge on any atom is -0.481 e. The molecule has 216 valence electrons. The van der Waals surface area contributed by atoms with Crippen LogP contribution in [0, 0.1) is 6.92 Å². The van der Waals surface area contributed by atoms with E-state index in [0.717, 1.165) is 24.2 Å². The fourth-order valence-electron chi connectivity index (χ4n) is 5.14. The molecule has 1 aliphatic rings. The molecule has 1 atom stereocenters. The van der Waals surface area contributed by atoms with Crippen LogP contribution in [-0.2, 0) is 21.4 Å². The van der Waals surface area contributed by atoms with E-state index < -0.39 is 5.97 Å². The number of nitrogens with one attached hydrogen (secondary N) is 1. The lowest BCUT2D eigenvalue weighted by Gasteiger charge is -2.38. The Morgan fingerprint density at radius 1 is 0.854 bits per heavy atom. The van der Waals surface area contributed by atoms with Gasteiger partial charge in [-0.2, -0.15) is 0 Å². The zero-order chi connectivity index (χ0) is 29.6. The van der Waals surface area contributed by atoms with Gasteiger partial charge in [0, 0.05) is 44.0 Å². The third kappa shape index (κ3) is 7.97. The van der Waals surface area contributed by atoms with Gasteiger partial charge in [-0.1, -0.05) is 74.9 Å². The number of carboxylic acid groups (broad SMARTS) is 1. The van der Waals surface area contributed by atoms with Crippen LogP contribution in [0.2, 0.25) is 0 Å². The number of hydrogen-bond donors (Lipinski definition) is 2. The fraction of sp³-hybridized carbons (Fsp3) is 0.382. The van der Waals surface area contributed by atoms with Crippen molar-refractivity contribution in [2.75, 3.05) is 37.6 Å². The van der Waals surface area contributed by atoms with Crippen LogP contribution in [0.25, 0.3) is 0 Å². The zero-order valence-corrected chi connectivity index (χ0v) is 24.5. The highest BCUT2D eigenvalue weighted by molar-refractivity contribution is 5.94. The minimum atomic E-state index is -0.955. The smallest absolute Gasteiger partial charge is 0.305 e. The number of amides is 2. The summed E-state index contributed by atoms with van der Waals surface area (Å²) in [5.41, 5.74) is 6.06. The summed E-state index contributed by atoms with van der Waals surface area (Å²) in [5, 5.41) is 11.4. The molecule has 1 aliphatic heterocycles. The number of hydrogen-bond acceptors (Lipinski definition) is 4. The number of aliphatic carboxylic acids is 1. The van der Waals surface area contributed by atoms with E-state index in [-0.39, 0.29) is 36.1 Å². The van der Waals surface area contributed by atoms with Crippen LogP contribution < -0.4 is 10.2 Å². The lowest BCUT2D eigenvalue weighted by Crippen LogP contribution is -2.50. The van der Waals surface area contributed by atoms with Crippen molar-refractivity contribution in [3.8, 4) is 0 Å². The minimum absolute atomic E-state index is 0.0191. The number of aryl methyl sites for hydroxylation is 1. The molecule has 1 heterocycles. The highest BCUT2D eigenvalue weighted by atomic mass is 16.4. The molecule has 0 aliphatic carbocycles. The van der Waals surface area contributed by atoms with Crippen molar-refractivity contribution >= 4 is 23.5 Å². The average Bonchev–Trinajstić information content (AvgIpc) is 2.96. The van der Waals surface area contributed by atoms with Gasteiger partial charge in [0.25, 0.3) is 5.91 Å². The van der Waals surface area contributed by atoms with Crippen molar-refractivity contribution in [2.45, 2.75) is 51.9 Å². The van der Waals surface area contributed by atoms with Crippen molar-refractivity contribution in [1.82, 2.24) is 10.2 Å². The lowest BCUT2D eigenvalue weighted by molar-refractivity contribution is -0.137. The Morgan fingerprint density at radius 3 is 2.02 bits per heavy atom. The van der Waals surface area contributed by atoms with E-state index >= 15 is 0 Å². The van der Waals surface area contributed by atoms with Gasteiger partial charge in [-0.25, -0.2) is 0 Å². The van der Waals surface area contributed by atoms with Crippen molar-refractivity contribution < 1.29 is 19.5 Å². The highest BCUT2D eigenvalue weighted by Crippen LogP contribution is 2.29. The van der Waals surface area contributed by atoms with Crippen LogP contribution in [0.5, 0.6) is 0 Å². The predicted octanol–water partition coefficient (Wildman–Crippen LogP) is 5.17. The molecular weight excluding hydrogens is 514 g/mol. The summed E-state index contributed by atoms with van der Waals surface area (Å²) in [5.74, 6) is -1.49. The van der Waals surface area contributed by atoms with E-state index in [0.29, 0.717) is 25.1 Å². The third-order valence-corrected chi connectivity index (χ3v) is 7.75. The molecule has 1 saturated heterocycles. The number of anilines is 1. The van der Waals surface area contributed by atoms with Crippen LogP contribution in [0.1, 0.15) is 65.7 Å². The molecule has 7 nitrogen and oxygen atoms in total. The SMILES string of the molecule is Cc1ccc(N2CCN(C(=O)C(Cc3ccc(C(=O)NCCC(=O)O)cc3)c3ccc(C(C)(C)C)cc3)CC2)cc1. The van der Waals surface area contributed by atoms with Gasteiger partial charge in [0.1, 0.15) is 0 Å². The Morgan fingerprint density at radius 2 is 1.46 bits per heavy atom. The first-order chi connectivity index (χ1) is 19.5. The molecule has 0 spiro atoms. The van der Waals surface area contributed by atoms with E-state index in [1.54, 1.807) is 12.1 Å². The second-order valence-corrected chi connectivity index (χ2v) is 11.9. The van der Waals surface area contributed by atoms with Crippen LogP contribution in [0.4, 0.5) is 5.69 Å². The summed E-state index contributed by atoms with van der Waals surface area (Å²) < 4.78 is 0. The number of carbonyl (C=O) groups is 3. The van der Waals surface area contributed by atoms with E-state index in [1.165, 1.54) is 16.8 Å². The van der Waals surface area contributed by atoms with Gasteiger partial charge in [-0.05, 0) is 59.7 Å². The van der Waals surface area contributed by atoms with Gasteiger partial charge in [0.15, 0.2) is 0 Å². The number of benzene rings is 3. The molecule has 2 N–H and O–H groups in total.